The molecule has 1 atom stereocenters. The topological polar surface area (TPSA) is 79.4 Å². The van der Waals surface area contributed by atoms with Crippen LogP contribution in [0.3, 0.4) is 0 Å². The summed E-state index contributed by atoms with van der Waals surface area (Å²) >= 11 is 0. The third-order valence-electron chi connectivity index (χ3n) is 4.69. The molecule has 2 aromatic rings. The number of hydrogen-bond donors (Lipinski definition) is 1. The van der Waals surface area contributed by atoms with Crippen LogP contribution in [0.5, 0.6) is 0 Å². The first-order valence-corrected chi connectivity index (χ1v) is 10.2. The fourth-order valence-electron chi connectivity index (χ4n) is 3.16. The van der Waals surface area contributed by atoms with Crippen molar-refractivity contribution < 1.29 is 13.2 Å². The Balaban J connectivity index is 1.86. The van der Waals surface area contributed by atoms with E-state index >= 15 is 0 Å². The van der Waals surface area contributed by atoms with Crippen LogP contribution in [0.1, 0.15) is 42.1 Å². The number of pyridine rings is 1. The van der Waals surface area contributed by atoms with Crippen LogP contribution in [-0.2, 0) is 10.0 Å². The molecule has 0 spiro atoms. The van der Waals surface area contributed by atoms with Crippen molar-refractivity contribution in [2.45, 2.75) is 44.0 Å². The number of anilines is 1. The number of aromatic nitrogens is 1. The molecule has 26 heavy (non-hydrogen) atoms. The van der Waals surface area contributed by atoms with Crippen molar-refractivity contribution in [3.63, 3.8) is 0 Å². The molecule has 1 fully saturated rings. The second kappa shape index (κ2) is 7.55. The Kier molecular flexibility index (Phi) is 5.38. The van der Waals surface area contributed by atoms with Crippen LogP contribution in [0.4, 0.5) is 5.82 Å². The highest BCUT2D eigenvalue weighted by Crippen LogP contribution is 2.25. The van der Waals surface area contributed by atoms with Gasteiger partial charge in [-0.3, -0.25) is 4.79 Å². The normalized spacial score (nSPS) is 18.5. The van der Waals surface area contributed by atoms with Crippen molar-refractivity contribution in [3.05, 3.63) is 53.7 Å². The van der Waals surface area contributed by atoms with Gasteiger partial charge < -0.3 is 5.32 Å². The van der Waals surface area contributed by atoms with E-state index < -0.39 is 10.0 Å². The van der Waals surface area contributed by atoms with E-state index in [1.54, 1.807) is 30.5 Å². The zero-order valence-corrected chi connectivity index (χ0v) is 15.8. The van der Waals surface area contributed by atoms with Crippen LogP contribution in [0.25, 0.3) is 0 Å². The summed E-state index contributed by atoms with van der Waals surface area (Å²) in [5.41, 5.74) is 1.13. The summed E-state index contributed by atoms with van der Waals surface area (Å²) in [4.78, 5) is 16.8. The molecule has 1 amide bonds. The second-order valence-corrected chi connectivity index (χ2v) is 8.50. The van der Waals surface area contributed by atoms with Gasteiger partial charge in [-0.15, -0.1) is 0 Å². The quantitative estimate of drug-likeness (QED) is 0.892. The molecule has 0 saturated carbocycles. The number of carbonyl (C=O) groups is 1. The van der Waals surface area contributed by atoms with Gasteiger partial charge >= 0.3 is 0 Å². The molecule has 0 bridgehead atoms. The molecule has 1 aliphatic heterocycles. The van der Waals surface area contributed by atoms with Crippen LogP contribution in [-0.4, -0.2) is 36.2 Å². The Hall–Kier alpha value is -2.25. The summed E-state index contributed by atoms with van der Waals surface area (Å²) < 4.78 is 27.5. The number of aryl methyl sites for hydroxylation is 1. The SMILES string of the molecule is Cc1cccnc1NC(=O)c1cccc(S(=O)(=O)N2CCCCC2C)c1. The highest BCUT2D eigenvalue weighted by atomic mass is 32.2. The Morgan fingerprint density at radius 3 is 2.77 bits per heavy atom. The van der Waals surface area contributed by atoms with E-state index in [9.17, 15) is 13.2 Å². The minimum atomic E-state index is -3.61. The number of piperidine rings is 1. The Morgan fingerprint density at radius 2 is 2.04 bits per heavy atom. The van der Waals surface area contributed by atoms with E-state index in [0.717, 1.165) is 24.8 Å². The molecular formula is C19H23N3O3S. The van der Waals surface area contributed by atoms with Crippen molar-refractivity contribution in [2.75, 3.05) is 11.9 Å². The van der Waals surface area contributed by atoms with Gasteiger partial charge in [0.25, 0.3) is 5.91 Å². The monoisotopic (exact) mass is 373 g/mol. The summed E-state index contributed by atoms with van der Waals surface area (Å²) in [6.45, 7) is 4.30. The van der Waals surface area contributed by atoms with E-state index in [2.05, 4.69) is 10.3 Å². The number of nitrogens with zero attached hydrogens (tertiary/aromatic N) is 2. The first-order chi connectivity index (χ1) is 12.4. The molecule has 138 valence electrons. The minimum Gasteiger partial charge on any atom is -0.306 e. The second-order valence-electron chi connectivity index (χ2n) is 6.61. The maximum atomic E-state index is 13.0. The van der Waals surface area contributed by atoms with Crippen molar-refractivity contribution >= 4 is 21.7 Å². The van der Waals surface area contributed by atoms with Crippen molar-refractivity contribution in [1.29, 1.82) is 0 Å². The highest BCUT2D eigenvalue weighted by molar-refractivity contribution is 7.89. The molecule has 1 saturated heterocycles. The first kappa shape index (κ1) is 18.5. The maximum Gasteiger partial charge on any atom is 0.256 e. The van der Waals surface area contributed by atoms with Crippen LogP contribution in [0.2, 0.25) is 0 Å². The Bertz CT molecular complexity index is 912. The number of carbonyl (C=O) groups excluding carboxylic acids is 1. The lowest BCUT2D eigenvalue weighted by molar-refractivity contribution is 0.102. The van der Waals surface area contributed by atoms with Gasteiger partial charge in [0.2, 0.25) is 10.0 Å². The van der Waals surface area contributed by atoms with Gasteiger partial charge in [-0.1, -0.05) is 18.6 Å². The number of sulfonamides is 1. The molecule has 0 radical (unpaired) electrons. The third kappa shape index (κ3) is 3.78. The van der Waals surface area contributed by atoms with Gasteiger partial charge in [0.15, 0.2) is 0 Å². The van der Waals surface area contributed by atoms with Crippen molar-refractivity contribution in [1.82, 2.24) is 9.29 Å². The van der Waals surface area contributed by atoms with E-state index in [1.807, 2.05) is 19.9 Å². The highest BCUT2D eigenvalue weighted by Gasteiger charge is 2.31. The number of amides is 1. The van der Waals surface area contributed by atoms with Gasteiger partial charge in [-0.2, -0.15) is 4.31 Å². The molecule has 7 heteroatoms. The lowest BCUT2D eigenvalue weighted by atomic mass is 10.1. The maximum absolute atomic E-state index is 13.0. The largest absolute Gasteiger partial charge is 0.306 e. The average molecular weight is 373 g/mol. The van der Waals surface area contributed by atoms with E-state index in [1.165, 1.54) is 10.4 Å². The lowest BCUT2D eigenvalue weighted by Gasteiger charge is -2.32. The predicted octanol–water partition coefficient (Wildman–Crippen LogP) is 3.21. The fraction of sp³-hybridized carbons (Fsp3) is 0.368. The van der Waals surface area contributed by atoms with Gasteiger partial charge in [0.1, 0.15) is 5.82 Å². The van der Waals surface area contributed by atoms with E-state index in [0.29, 0.717) is 17.9 Å². The molecule has 1 N–H and O–H groups in total. The summed E-state index contributed by atoms with van der Waals surface area (Å²) in [6.07, 6.45) is 4.36. The zero-order valence-electron chi connectivity index (χ0n) is 15.0. The van der Waals surface area contributed by atoms with Gasteiger partial charge in [0.05, 0.1) is 4.90 Å². The van der Waals surface area contributed by atoms with Crippen LogP contribution < -0.4 is 5.32 Å². The Labute approximate surface area is 154 Å². The Morgan fingerprint density at radius 1 is 1.23 bits per heavy atom. The van der Waals surface area contributed by atoms with Gasteiger partial charge in [-0.25, -0.2) is 13.4 Å². The standard InChI is InChI=1S/C19H23N3O3S/c1-14-7-6-11-20-18(14)21-19(23)16-9-5-10-17(13-16)26(24,25)22-12-4-3-8-15(22)2/h5-7,9-11,13,15H,3-4,8,12H2,1-2H3,(H,20,21,23). The smallest absolute Gasteiger partial charge is 0.256 e. The summed E-state index contributed by atoms with van der Waals surface area (Å²) in [5.74, 6) is 0.0888. The van der Waals surface area contributed by atoms with Gasteiger partial charge in [-0.05, 0) is 56.5 Å². The third-order valence-corrected chi connectivity index (χ3v) is 6.70. The number of nitrogens with one attached hydrogen (secondary N) is 1. The molecule has 0 aliphatic carbocycles. The molecular weight excluding hydrogens is 350 g/mol. The molecule has 3 rings (SSSR count). The lowest BCUT2D eigenvalue weighted by Crippen LogP contribution is -2.41. The van der Waals surface area contributed by atoms with Crippen LogP contribution in [0.15, 0.2) is 47.5 Å². The van der Waals surface area contributed by atoms with Crippen LogP contribution in [0, 0.1) is 6.92 Å². The van der Waals surface area contributed by atoms with Crippen molar-refractivity contribution in [2.24, 2.45) is 0 Å². The molecule has 1 aromatic carbocycles. The number of benzene rings is 1. The average Bonchev–Trinajstić information content (AvgIpc) is 2.64. The number of rotatable bonds is 4. The van der Waals surface area contributed by atoms with Gasteiger partial charge in [0, 0.05) is 24.3 Å². The summed E-state index contributed by atoms with van der Waals surface area (Å²) in [5, 5.41) is 2.73. The molecule has 6 nitrogen and oxygen atoms in total. The fourth-order valence-corrected chi connectivity index (χ4v) is 4.90. The molecule has 1 unspecified atom stereocenters. The molecule has 2 heterocycles. The number of hydrogen-bond acceptors (Lipinski definition) is 4. The van der Waals surface area contributed by atoms with Crippen molar-refractivity contribution in [3.8, 4) is 0 Å². The zero-order chi connectivity index (χ0) is 18.7. The molecule has 1 aliphatic rings. The summed E-state index contributed by atoms with van der Waals surface area (Å²) in [7, 11) is -3.61. The minimum absolute atomic E-state index is 0.0256. The summed E-state index contributed by atoms with van der Waals surface area (Å²) in [6, 6.07) is 9.79. The van der Waals surface area contributed by atoms with Crippen LogP contribution >= 0.6 is 0 Å². The first-order valence-electron chi connectivity index (χ1n) is 8.74. The predicted molar refractivity (Wildman–Crippen MR) is 101 cm³/mol. The van der Waals surface area contributed by atoms with E-state index in [4.69, 9.17) is 0 Å². The molecule has 1 aromatic heterocycles. The van der Waals surface area contributed by atoms with E-state index in [-0.39, 0.29) is 16.8 Å².